The molecule has 2 aromatic carbocycles. The highest BCUT2D eigenvalue weighted by Gasteiger charge is 2.46. The van der Waals surface area contributed by atoms with E-state index in [4.69, 9.17) is 0 Å². The van der Waals surface area contributed by atoms with Crippen molar-refractivity contribution in [2.45, 2.75) is 44.7 Å². The van der Waals surface area contributed by atoms with Gasteiger partial charge < -0.3 is 9.47 Å². The van der Waals surface area contributed by atoms with E-state index in [1.165, 1.54) is 27.7 Å². The highest BCUT2D eigenvalue weighted by Crippen LogP contribution is 2.46. The fraction of sp³-hybridized carbons (Fsp3) is 0.348. The lowest BCUT2D eigenvalue weighted by molar-refractivity contribution is -0.142. The van der Waals surface area contributed by atoms with Crippen LogP contribution in [0.1, 0.15) is 43.0 Å². The summed E-state index contributed by atoms with van der Waals surface area (Å²) in [5.74, 6) is 0.320. The first-order valence-corrected chi connectivity index (χ1v) is 9.63. The summed E-state index contributed by atoms with van der Waals surface area (Å²) in [7, 11) is 0. The molecule has 132 valence electrons. The maximum absolute atomic E-state index is 12.6. The molecule has 5 rings (SSSR count). The number of rotatable bonds is 2. The lowest BCUT2D eigenvalue weighted by Crippen LogP contribution is -2.54. The molecule has 0 N–H and O–H groups in total. The van der Waals surface area contributed by atoms with E-state index in [0.717, 1.165) is 32.4 Å². The highest BCUT2D eigenvalue weighted by atomic mass is 16.2. The number of amides is 1. The Balaban J connectivity index is 1.76. The number of para-hydroxylation sites is 1. The van der Waals surface area contributed by atoms with Gasteiger partial charge in [0.1, 0.15) is 0 Å². The minimum absolute atomic E-state index is 0.184. The van der Waals surface area contributed by atoms with Crippen molar-refractivity contribution in [1.82, 2.24) is 9.47 Å². The average Bonchev–Trinajstić information content (AvgIpc) is 2.98. The molecule has 3 nitrogen and oxygen atoms in total. The van der Waals surface area contributed by atoms with Gasteiger partial charge in [0, 0.05) is 36.1 Å². The molecule has 3 heteroatoms. The van der Waals surface area contributed by atoms with Gasteiger partial charge in [-0.1, -0.05) is 48.5 Å². The normalized spacial score (nSPS) is 22.3. The van der Waals surface area contributed by atoms with Gasteiger partial charge >= 0.3 is 0 Å². The summed E-state index contributed by atoms with van der Waals surface area (Å²) in [5.41, 5.74) is 5.23. The lowest BCUT2D eigenvalue weighted by Gasteiger charge is -2.48. The van der Waals surface area contributed by atoms with Crippen molar-refractivity contribution in [2.24, 2.45) is 0 Å². The summed E-state index contributed by atoms with van der Waals surface area (Å²) in [6.07, 6.45) is 3.69. The molecule has 1 atom stereocenters. The standard InChI is InChI=1S/C23H24N2O/c1-23-14-7-12-21(26)25(23)15-13-19-18-10-5-6-11-20(18)24(22(19)23)16-17-8-3-2-4-9-17/h2-6,8-11H,7,12-16H2,1H3/t23-/m1/s1. The second-order valence-corrected chi connectivity index (χ2v) is 7.84. The van der Waals surface area contributed by atoms with Crippen molar-refractivity contribution in [3.05, 3.63) is 71.4 Å². The quantitative estimate of drug-likeness (QED) is 0.673. The zero-order valence-electron chi connectivity index (χ0n) is 15.2. The molecule has 0 spiro atoms. The summed E-state index contributed by atoms with van der Waals surface area (Å²) in [5, 5.41) is 1.36. The van der Waals surface area contributed by atoms with Gasteiger partial charge in [-0.25, -0.2) is 0 Å². The van der Waals surface area contributed by atoms with E-state index in [1.807, 2.05) is 0 Å². The van der Waals surface area contributed by atoms with Gasteiger partial charge in [-0.05, 0) is 43.4 Å². The topological polar surface area (TPSA) is 25.2 Å². The molecule has 0 bridgehead atoms. The van der Waals surface area contributed by atoms with E-state index in [1.54, 1.807) is 0 Å². The van der Waals surface area contributed by atoms with Crippen LogP contribution in [0.2, 0.25) is 0 Å². The maximum atomic E-state index is 12.6. The van der Waals surface area contributed by atoms with E-state index in [2.05, 4.69) is 71.0 Å². The lowest BCUT2D eigenvalue weighted by atomic mass is 9.79. The number of nitrogens with zero attached hydrogens (tertiary/aromatic N) is 2. The first-order valence-electron chi connectivity index (χ1n) is 9.63. The number of carbonyl (C=O) groups excluding carboxylic acids is 1. The molecule has 0 unspecified atom stereocenters. The molecule has 1 saturated heterocycles. The van der Waals surface area contributed by atoms with Crippen LogP contribution >= 0.6 is 0 Å². The number of hydrogen-bond acceptors (Lipinski definition) is 1. The minimum atomic E-state index is -0.184. The Morgan fingerprint density at radius 3 is 2.62 bits per heavy atom. The zero-order valence-corrected chi connectivity index (χ0v) is 15.2. The number of fused-ring (bicyclic) bond motifs is 5. The molecular formula is C23H24N2O. The monoisotopic (exact) mass is 344 g/mol. The Hall–Kier alpha value is -2.55. The van der Waals surface area contributed by atoms with E-state index in [-0.39, 0.29) is 5.54 Å². The Bertz CT molecular complexity index is 988. The van der Waals surface area contributed by atoms with Crippen molar-refractivity contribution in [3.8, 4) is 0 Å². The van der Waals surface area contributed by atoms with Gasteiger partial charge in [-0.3, -0.25) is 4.79 Å². The van der Waals surface area contributed by atoms with E-state index >= 15 is 0 Å². The zero-order chi connectivity index (χ0) is 17.7. The molecule has 26 heavy (non-hydrogen) atoms. The molecule has 1 amide bonds. The van der Waals surface area contributed by atoms with Crippen LogP contribution in [0.4, 0.5) is 0 Å². The van der Waals surface area contributed by atoms with Crippen molar-refractivity contribution < 1.29 is 4.79 Å². The van der Waals surface area contributed by atoms with Gasteiger partial charge in [-0.2, -0.15) is 0 Å². The minimum Gasteiger partial charge on any atom is -0.338 e. The van der Waals surface area contributed by atoms with Crippen molar-refractivity contribution >= 4 is 16.8 Å². The first kappa shape index (κ1) is 15.7. The number of aromatic nitrogens is 1. The Labute approximate surface area is 154 Å². The van der Waals surface area contributed by atoms with Gasteiger partial charge in [0.05, 0.1) is 5.54 Å². The van der Waals surface area contributed by atoms with Gasteiger partial charge in [-0.15, -0.1) is 0 Å². The average molecular weight is 344 g/mol. The summed E-state index contributed by atoms with van der Waals surface area (Å²) >= 11 is 0. The van der Waals surface area contributed by atoms with Crippen LogP contribution in [-0.4, -0.2) is 21.9 Å². The summed E-state index contributed by atoms with van der Waals surface area (Å²) in [6, 6.07) is 19.4. The Morgan fingerprint density at radius 2 is 1.77 bits per heavy atom. The van der Waals surface area contributed by atoms with Gasteiger partial charge in [0.2, 0.25) is 5.91 Å². The molecule has 2 aliphatic rings. The second kappa shape index (κ2) is 5.73. The third-order valence-electron chi connectivity index (χ3n) is 6.31. The number of benzene rings is 2. The van der Waals surface area contributed by atoms with Crippen molar-refractivity contribution in [2.75, 3.05) is 6.54 Å². The maximum Gasteiger partial charge on any atom is 0.223 e. The van der Waals surface area contributed by atoms with Crippen LogP contribution in [0, 0.1) is 0 Å². The summed E-state index contributed by atoms with van der Waals surface area (Å²) in [4.78, 5) is 14.8. The predicted molar refractivity (Wildman–Crippen MR) is 104 cm³/mol. The number of piperidine rings is 1. The van der Waals surface area contributed by atoms with Crippen LogP contribution in [0.3, 0.4) is 0 Å². The van der Waals surface area contributed by atoms with Crippen molar-refractivity contribution in [3.63, 3.8) is 0 Å². The summed E-state index contributed by atoms with van der Waals surface area (Å²) < 4.78 is 2.48. The van der Waals surface area contributed by atoms with Crippen LogP contribution < -0.4 is 0 Å². The van der Waals surface area contributed by atoms with Gasteiger partial charge in [0.25, 0.3) is 0 Å². The van der Waals surface area contributed by atoms with Crippen LogP contribution in [0.5, 0.6) is 0 Å². The molecule has 3 heterocycles. The SMILES string of the molecule is C[C@]12CCCC(=O)N1CCc1c2n(Cc2ccccc2)c2ccccc12. The number of carbonyl (C=O) groups is 1. The summed E-state index contributed by atoms with van der Waals surface area (Å²) in [6.45, 7) is 3.98. The molecule has 3 aromatic rings. The molecular weight excluding hydrogens is 320 g/mol. The molecule has 0 aliphatic carbocycles. The second-order valence-electron chi connectivity index (χ2n) is 7.84. The predicted octanol–water partition coefficient (Wildman–Crippen LogP) is 4.47. The Morgan fingerprint density at radius 1 is 1.00 bits per heavy atom. The number of hydrogen-bond donors (Lipinski definition) is 0. The van der Waals surface area contributed by atoms with Crippen LogP contribution in [-0.2, 0) is 23.3 Å². The highest BCUT2D eigenvalue weighted by molar-refractivity contribution is 5.88. The largest absolute Gasteiger partial charge is 0.338 e. The molecule has 1 fully saturated rings. The van der Waals surface area contributed by atoms with E-state index in [9.17, 15) is 4.79 Å². The van der Waals surface area contributed by atoms with Crippen LogP contribution in [0.25, 0.3) is 10.9 Å². The Kier molecular flexibility index (Phi) is 3.46. The molecule has 0 radical (unpaired) electrons. The third kappa shape index (κ3) is 2.16. The third-order valence-corrected chi connectivity index (χ3v) is 6.31. The molecule has 0 saturated carbocycles. The van der Waals surface area contributed by atoms with Crippen LogP contribution in [0.15, 0.2) is 54.6 Å². The smallest absolute Gasteiger partial charge is 0.223 e. The fourth-order valence-corrected chi connectivity index (χ4v) is 5.14. The van der Waals surface area contributed by atoms with E-state index in [0.29, 0.717) is 12.3 Å². The molecule has 1 aromatic heterocycles. The van der Waals surface area contributed by atoms with E-state index < -0.39 is 0 Å². The fourth-order valence-electron chi connectivity index (χ4n) is 5.14. The van der Waals surface area contributed by atoms with Crippen molar-refractivity contribution in [1.29, 1.82) is 0 Å². The van der Waals surface area contributed by atoms with Gasteiger partial charge in [0.15, 0.2) is 0 Å². The molecule has 2 aliphatic heterocycles. The first-order chi connectivity index (χ1) is 12.7.